The summed E-state index contributed by atoms with van der Waals surface area (Å²) in [6.07, 6.45) is -1.07. The predicted octanol–water partition coefficient (Wildman–Crippen LogP) is 6.91. The van der Waals surface area contributed by atoms with Crippen LogP contribution in [-0.4, -0.2) is 23.0 Å². The lowest BCUT2D eigenvalue weighted by molar-refractivity contribution is -0.137. The Balaban J connectivity index is 1.62. The first-order valence-corrected chi connectivity index (χ1v) is 11.7. The van der Waals surface area contributed by atoms with Gasteiger partial charge in [-0.05, 0) is 60.2 Å². The number of ether oxygens (including phenoxy) is 1. The minimum absolute atomic E-state index is 0.386. The molecule has 36 heavy (non-hydrogen) atoms. The standard InChI is InChI=1S/C27H19F3N4OS/c1-35-23-10-8-22(9-11-23)33-26-34(32-16-18-7-12-24-19(14-18)5-3-13-31-24)25(17-36-26)20-4-2-6-21(15-20)27(28,29)30/h2-17H,1H3/b32-16-,33-26?. The van der Waals surface area contributed by atoms with Crippen LogP contribution in [0.5, 0.6) is 5.75 Å². The van der Waals surface area contributed by atoms with Gasteiger partial charge >= 0.3 is 6.18 Å². The van der Waals surface area contributed by atoms with Crippen molar-refractivity contribution in [2.75, 3.05) is 7.11 Å². The summed E-state index contributed by atoms with van der Waals surface area (Å²) in [7, 11) is 1.58. The number of nitrogens with zero attached hydrogens (tertiary/aromatic N) is 4. The van der Waals surface area contributed by atoms with Crippen LogP contribution in [-0.2, 0) is 6.18 Å². The molecule has 0 bridgehead atoms. The number of hydrogen-bond acceptors (Lipinski definition) is 5. The van der Waals surface area contributed by atoms with Crippen LogP contribution in [0.1, 0.15) is 11.1 Å². The van der Waals surface area contributed by atoms with Crippen LogP contribution in [0.4, 0.5) is 18.9 Å². The Morgan fingerprint density at radius 1 is 0.972 bits per heavy atom. The largest absolute Gasteiger partial charge is 0.497 e. The summed E-state index contributed by atoms with van der Waals surface area (Å²) in [6.45, 7) is 0. The zero-order valence-electron chi connectivity index (χ0n) is 19.0. The predicted molar refractivity (Wildman–Crippen MR) is 136 cm³/mol. The van der Waals surface area contributed by atoms with Gasteiger partial charge in [0.2, 0.25) is 4.80 Å². The van der Waals surface area contributed by atoms with E-state index in [1.807, 2.05) is 30.3 Å². The fourth-order valence-electron chi connectivity index (χ4n) is 3.61. The Kier molecular flexibility index (Phi) is 6.39. The third kappa shape index (κ3) is 5.06. The Morgan fingerprint density at radius 3 is 2.58 bits per heavy atom. The van der Waals surface area contributed by atoms with Crippen molar-refractivity contribution < 1.29 is 17.9 Å². The lowest BCUT2D eigenvalue weighted by Gasteiger charge is -2.09. The highest BCUT2D eigenvalue weighted by Gasteiger charge is 2.30. The van der Waals surface area contributed by atoms with Crippen LogP contribution in [0.2, 0.25) is 0 Å². The van der Waals surface area contributed by atoms with Gasteiger partial charge in [-0.1, -0.05) is 24.3 Å². The second-order valence-electron chi connectivity index (χ2n) is 7.80. The molecule has 0 aliphatic carbocycles. The molecule has 5 rings (SSSR count). The van der Waals surface area contributed by atoms with E-state index in [1.54, 1.807) is 59.9 Å². The minimum atomic E-state index is -4.45. The number of thiazole rings is 1. The van der Waals surface area contributed by atoms with E-state index in [1.165, 1.54) is 17.4 Å². The molecule has 0 fully saturated rings. The summed E-state index contributed by atoms with van der Waals surface area (Å²) in [6, 6.07) is 21.9. The molecule has 0 amide bonds. The average molecular weight is 505 g/mol. The second kappa shape index (κ2) is 9.79. The van der Waals surface area contributed by atoms with E-state index in [4.69, 9.17) is 4.74 Å². The van der Waals surface area contributed by atoms with Crippen LogP contribution in [0.25, 0.3) is 22.2 Å². The van der Waals surface area contributed by atoms with E-state index < -0.39 is 11.7 Å². The number of hydrogen-bond donors (Lipinski definition) is 0. The van der Waals surface area contributed by atoms with Crippen molar-refractivity contribution >= 4 is 34.1 Å². The first-order chi connectivity index (χ1) is 17.4. The van der Waals surface area contributed by atoms with E-state index in [0.29, 0.717) is 27.5 Å². The van der Waals surface area contributed by atoms with Crippen molar-refractivity contribution in [1.82, 2.24) is 9.66 Å². The van der Waals surface area contributed by atoms with E-state index in [9.17, 15) is 13.2 Å². The van der Waals surface area contributed by atoms with Crippen molar-refractivity contribution in [3.05, 3.63) is 106 Å². The smallest absolute Gasteiger partial charge is 0.416 e. The zero-order chi connectivity index (χ0) is 25.1. The molecule has 180 valence electrons. The summed E-state index contributed by atoms with van der Waals surface area (Å²) >= 11 is 1.29. The molecular weight excluding hydrogens is 485 g/mol. The first-order valence-electron chi connectivity index (χ1n) is 10.9. The molecule has 0 atom stereocenters. The molecule has 5 aromatic rings. The Bertz CT molecular complexity index is 1620. The maximum atomic E-state index is 13.4. The topological polar surface area (TPSA) is 51.8 Å². The number of fused-ring (bicyclic) bond motifs is 1. The molecule has 0 radical (unpaired) electrons. The monoisotopic (exact) mass is 504 g/mol. The van der Waals surface area contributed by atoms with E-state index >= 15 is 0 Å². The normalized spacial score (nSPS) is 12.5. The molecule has 5 nitrogen and oxygen atoms in total. The van der Waals surface area contributed by atoms with Gasteiger partial charge in [-0.25, -0.2) is 9.67 Å². The highest BCUT2D eigenvalue weighted by molar-refractivity contribution is 7.07. The molecule has 0 saturated carbocycles. The van der Waals surface area contributed by atoms with Crippen molar-refractivity contribution in [3.8, 4) is 17.0 Å². The molecule has 0 saturated heterocycles. The minimum Gasteiger partial charge on any atom is -0.497 e. The summed E-state index contributed by atoms with van der Waals surface area (Å²) in [5.41, 5.74) is 2.50. The Morgan fingerprint density at radius 2 is 1.81 bits per heavy atom. The zero-order valence-corrected chi connectivity index (χ0v) is 19.8. The van der Waals surface area contributed by atoms with Gasteiger partial charge in [0.1, 0.15) is 5.75 Å². The van der Waals surface area contributed by atoms with Gasteiger partial charge in [0.25, 0.3) is 0 Å². The van der Waals surface area contributed by atoms with E-state index in [2.05, 4.69) is 15.1 Å². The highest BCUT2D eigenvalue weighted by Crippen LogP contribution is 2.32. The number of rotatable bonds is 5. The SMILES string of the molecule is COc1ccc(N=c2scc(-c3cccc(C(F)(F)F)c3)n2/N=C\c2ccc3ncccc3c2)cc1. The Labute approximate surface area is 208 Å². The van der Waals surface area contributed by atoms with Gasteiger partial charge in [-0.3, -0.25) is 4.98 Å². The number of benzene rings is 3. The van der Waals surface area contributed by atoms with E-state index in [-0.39, 0.29) is 0 Å². The van der Waals surface area contributed by atoms with Gasteiger partial charge in [0.15, 0.2) is 0 Å². The molecule has 0 N–H and O–H groups in total. The number of aromatic nitrogens is 2. The maximum absolute atomic E-state index is 13.4. The first kappa shape index (κ1) is 23.5. The van der Waals surface area contributed by atoms with Crippen molar-refractivity contribution in [3.63, 3.8) is 0 Å². The van der Waals surface area contributed by atoms with Gasteiger partial charge in [-0.2, -0.15) is 18.3 Å². The lowest BCUT2D eigenvalue weighted by Crippen LogP contribution is -2.12. The number of alkyl halides is 3. The molecule has 0 aliphatic rings. The number of methoxy groups -OCH3 is 1. The quantitative estimate of drug-likeness (QED) is 0.244. The Hall–Kier alpha value is -4.24. The van der Waals surface area contributed by atoms with Crippen LogP contribution in [0, 0.1) is 0 Å². The number of pyridine rings is 1. The molecule has 0 unspecified atom stereocenters. The van der Waals surface area contributed by atoms with Crippen LogP contribution in [0.15, 0.2) is 101 Å². The molecule has 0 spiro atoms. The van der Waals surface area contributed by atoms with Crippen molar-refractivity contribution in [2.45, 2.75) is 6.18 Å². The fraction of sp³-hybridized carbons (Fsp3) is 0.0741. The van der Waals surface area contributed by atoms with Crippen LogP contribution < -0.4 is 9.54 Å². The molecule has 2 heterocycles. The molecule has 3 aromatic carbocycles. The van der Waals surface area contributed by atoms with Crippen LogP contribution in [0.3, 0.4) is 0 Å². The highest BCUT2D eigenvalue weighted by atomic mass is 32.1. The maximum Gasteiger partial charge on any atom is 0.416 e. The molecule has 2 aromatic heterocycles. The summed E-state index contributed by atoms with van der Waals surface area (Å²) in [5, 5.41) is 7.33. The third-order valence-electron chi connectivity index (χ3n) is 5.42. The third-order valence-corrected chi connectivity index (χ3v) is 6.23. The van der Waals surface area contributed by atoms with Crippen LogP contribution >= 0.6 is 11.3 Å². The van der Waals surface area contributed by atoms with E-state index in [0.717, 1.165) is 28.6 Å². The molecular formula is C27H19F3N4OS. The van der Waals surface area contributed by atoms with Gasteiger partial charge in [0.05, 0.1) is 35.8 Å². The summed E-state index contributed by atoms with van der Waals surface area (Å²) < 4.78 is 46.9. The molecule has 9 heteroatoms. The summed E-state index contributed by atoms with van der Waals surface area (Å²) in [4.78, 5) is 9.51. The van der Waals surface area contributed by atoms with Crippen molar-refractivity contribution in [2.24, 2.45) is 10.1 Å². The summed E-state index contributed by atoms with van der Waals surface area (Å²) in [5.74, 6) is 0.696. The number of halogens is 3. The molecule has 0 aliphatic heterocycles. The van der Waals surface area contributed by atoms with Gasteiger partial charge in [-0.15, -0.1) is 11.3 Å². The average Bonchev–Trinajstić information content (AvgIpc) is 3.29. The second-order valence-corrected chi connectivity index (χ2v) is 8.64. The van der Waals surface area contributed by atoms with Gasteiger partial charge in [0, 0.05) is 22.5 Å². The van der Waals surface area contributed by atoms with Gasteiger partial charge < -0.3 is 4.74 Å². The fourth-order valence-corrected chi connectivity index (χ4v) is 4.46. The lowest BCUT2D eigenvalue weighted by atomic mass is 10.1. The van der Waals surface area contributed by atoms with Crippen molar-refractivity contribution in [1.29, 1.82) is 0 Å².